The zero-order valence-electron chi connectivity index (χ0n) is 12.4. The minimum absolute atomic E-state index is 0.00832. The van der Waals surface area contributed by atoms with Crippen LogP contribution in [-0.4, -0.2) is 35.9 Å². The smallest absolute Gasteiger partial charge is 0.361 e. The van der Waals surface area contributed by atoms with Crippen molar-refractivity contribution in [1.82, 2.24) is 0 Å². The summed E-state index contributed by atoms with van der Waals surface area (Å²) in [6.07, 6.45) is 0. The normalized spacial score (nSPS) is 12.4. The Kier molecular flexibility index (Phi) is 6.37. The second-order valence-corrected chi connectivity index (χ2v) is 7.50. The van der Waals surface area contributed by atoms with E-state index in [1.165, 1.54) is 25.3 Å². The van der Waals surface area contributed by atoms with E-state index in [1.54, 1.807) is 13.8 Å². The monoisotopic (exact) mass is 338 g/mol. The van der Waals surface area contributed by atoms with Crippen LogP contribution in [0.3, 0.4) is 0 Å². The van der Waals surface area contributed by atoms with Crippen molar-refractivity contribution in [2.75, 3.05) is 27.4 Å². The van der Waals surface area contributed by atoms with Crippen molar-refractivity contribution in [2.45, 2.75) is 18.7 Å². The molecule has 0 N–H and O–H groups in total. The molecule has 9 heteroatoms. The summed E-state index contributed by atoms with van der Waals surface area (Å²) in [5.74, 6) is 0.00832. The van der Waals surface area contributed by atoms with Gasteiger partial charge in [-0.25, -0.2) is 0 Å². The molecule has 0 bridgehead atoms. The Bertz CT molecular complexity index is 616. The highest BCUT2D eigenvalue weighted by molar-refractivity contribution is 7.86. The fourth-order valence-corrected chi connectivity index (χ4v) is 4.04. The van der Waals surface area contributed by atoms with Crippen LogP contribution in [0.15, 0.2) is 23.1 Å². The van der Waals surface area contributed by atoms with Crippen LogP contribution in [0.25, 0.3) is 0 Å². The first-order valence-electron chi connectivity index (χ1n) is 6.23. The molecule has 0 radical (unpaired) electrons. The summed E-state index contributed by atoms with van der Waals surface area (Å²) in [4.78, 5) is -0.157. The van der Waals surface area contributed by atoms with E-state index in [9.17, 15) is 13.0 Å². The van der Waals surface area contributed by atoms with Crippen molar-refractivity contribution >= 4 is 23.0 Å². The number of ether oxygens (including phenoxy) is 1. The topological polar surface area (TPSA) is 88.1 Å². The van der Waals surface area contributed by atoms with Gasteiger partial charge in [0.25, 0.3) is 10.1 Å². The zero-order chi connectivity index (χ0) is 16.1. The summed E-state index contributed by atoms with van der Waals surface area (Å²) in [6.45, 7) is 3.76. The molecule has 120 valence electrons. The SMILES string of the molecule is CCOP(=O)(OCC)c1ccc(S(=O)(=O)OC)c(OC)c1. The third kappa shape index (κ3) is 4.05. The maximum Gasteiger partial charge on any atom is 0.361 e. The Labute approximate surface area is 124 Å². The van der Waals surface area contributed by atoms with Crippen molar-refractivity contribution in [3.8, 4) is 5.75 Å². The van der Waals surface area contributed by atoms with Gasteiger partial charge in [-0.05, 0) is 32.0 Å². The molecule has 0 saturated heterocycles. The molecule has 1 rings (SSSR count). The maximum absolute atomic E-state index is 12.6. The molecule has 0 spiro atoms. The third-order valence-electron chi connectivity index (χ3n) is 2.55. The average molecular weight is 338 g/mol. The second kappa shape index (κ2) is 7.38. The molecule has 0 unspecified atom stereocenters. The van der Waals surface area contributed by atoms with Crippen LogP contribution >= 0.6 is 7.60 Å². The first-order valence-corrected chi connectivity index (χ1v) is 9.18. The highest BCUT2D eigenvalue weighted by Crippen LogP contribution is 2.47. The van der Waals surface area contributed by atoms with Crippen molar-refractivity contribution in [3.63, 3.8) is 0 Å². The fraction of sp³-hybridized carbons (Fsp3) is 0.500. The van der Waals surface area contributed by atoms with Crippen molar-refractivity contribution < 1.29 is 31.0 Å². The highest BCUT2D eigenvalue weighted by Gasteiger charge is 2.29. The second-order valence-electron chi connectivity index (χ2n) is 3.79. The average Bonchev–Trinajstić information content (AvgIpc) is 2.47. The van der Waals surface area contributed by atoms with Crippen LogP contribution in [0.2, 0.25) is 0 Å². The Morgan fingerprint density at radius 1 is 1.10 bits per heavy atom. The molecule has 1 aromatic rings. The van der Waals surface area contributed by atoms with Crippen LogP contribution < -0.4 is 10.0 Å². The molecule has 0 aliphatic rings. The predicted molar refractivity (Wildman–Crippen MR) is 77.7 cm³/mol. The lowest BCUT2D eigenvalue weighted by molar-refractivity contribution is 0.229. The number of benzene rings is 1. The van der Waals surface area contributed by atoms with Gasteiger partial charge in [-0.1, -0.05) is 0 Å². The van der Waals surface area contributed by atoms with Gasteiger partial charge in [-0.15, -0.1) is 0 Å². The molecule has 0 atom stereocenters. The van der Waals surface area contributed by atoms with Crippen LogP contribution in [0.1, 0.15) is 13.8 Å². The largest absolute Gasteiger partial charge is 0.495 e. The summed E-state index contributed by atoms with van der Waals surface area (Å²) in [7, 11) is -5.08. The van der Waals surface area contributed by atoms with E-state index >= 15 is 0 Å². The van der Waals surface area contributed by atoms with E-state index < -0.39 is 17.7 Å². The zero-order valence-corrected chi connectivity index (χ0v) is 14.1. The van der Waals surface area contributed by atoms with E-state index in [1.807, 2.05) is 0 Å². The molecule has 0 amide bonds. The van der Waals surface area contributed by atoms with E-state index in [0.29, 0.717) is 0 Å². The van der Waals surface area contributed by atoms with Crippen LogP contribution in [0.4, 0.5) is 0 Å². The van der Waals surface area contributed by atoms with Gasteiger partial charge in [-0.2, -0.15) is 8.42 Å². The molecule has 7 nitrogen and oxygen atoms in total. The van der Waals surface area contributed by atoms with Gasteiger partial charge in [0.1, 0.15) is 10.6 Å². The standard InChI is InChI=1S/C12H19O7PS/c1-5-18-20(13,19-6-2)10-7-8-12(11(9-10)16-3)21(14,15)17-4/h7-9H,5-6H2,1-4H3. The van der Waals surface area contributed by atoms with Crippen molar-refractivity contribution in [2.24, 2.45) is 0 Å². The molecule has 1 aromatic carbocycles. The summed E-state index contributed by atoms with van der Waals surface area (Å²) < 4.78 is 56.0. The van der Waals surface area contributed by atoms with Gasteiger partial charge in [0, 0.05) is 0 Å². The van der Waals surface area contributed by atoms with Crippen LogP contribution in [-0.2, 0) is 27.9 Å². The van der Waals surface area contributed by atoms with Gasteiger partial charge in [0.15, 0.2) is 0 Å². The predicted octanol–water partition coefficient (Wildman–Crippen LogP) is 1.92. The molecular weight excluding hydrogens is 319 g/mol. The van der Waals surface area contributed by atoms with E-state index in [0.717, 1.165) is 7.11 Å². The molecule has 0 aliphatic carbocycles. The lowest BCUT2D eigenvalue weighted by Crippen LogP contribution is -2.13. The number of hydrogen-bond donors (Lipinski definition) is 0. The lowest BCUT2D eigenvalue weighted by atomic mass is 10.3. The first kappa shape index (κ1) is 18.1. The Morgan fingerprint density at radius 3 is 2.10 bits per heavy atom. The molecular formula is C12H19O7PS. The molecule has 21 heavy (non-hydrogen) atoms. The summed E-state index contributed by atoms with van der Waals surface area (Å²) >= 11 is 0. The molecule has 0 saturated carbocycles. The van der Waals surface area contributed by atoms with Crippen LogP contribution in [0.5, 0.6) is 5.75 Å². The molecule has 0 aromatic heterocycles. The van der Waals surface area contributed by atoms with Gasteiger partial charge in [0.05, 0.1) is 32.7 Å². The molecule has 0 fully saturated rings. The van der Waals surface area contributed by atoms with E-state index in [-0.39, 0.29) is 29.2 Å². The Balaban J connectivity index is 3.39. The van der Waals surface area contributed by atoms with Crippen molar-refractivity contribution in [3.05, 3.63) is 18.2 Å². The van der Waals surface area contributed by atoms with Crippen molar-refractivity contribution in [1.29, 1.82) is 0 Å². The quantitative estimate of drug-likeness (QED) is 0.528. The number of rotatable bonds is 8. The Hall–Kier alpha value is -0.920. The number of hydrogen-bond acceptors (Lipinski definition) is 7. The summed E-state index contributed by atoms with van der Waals surface area (Å²) in [6, 6.07) is 3.93. The minimum Gasteiger partial charge on any atom is -0.495 e. The third-order valence-corrected chi connectivity index (χ3v) is 5.97. The first-order chi connectivity index (χ1) is 9.84. The summed E-state index contributed by atoms with van der Waals surface area (Å²) in [5, 5.41) is 0.220. The van der Waals surface area contributed by atoms with Gasteiger partial charge < -0.3 is 13.8 Å². The van der Waals surface area contributed by atoms with Crippen LogP contribution in [0, 0.1) is 0 Å². The molecule has 0 aliphatic heterocycles. The lowest BCUT2D eigenvalue weighted by Gasteiger charge is -2.18. The summed E-state index contributed by atoms with van der Waals surface area (Å²) in [5.41, 5.74) is 0. The molecule has 0 heterocycles. The minimum atomic E-state index is -3.92. The van der Waals surface area contributed by atoms with E-state index in [2.05, 4.69) is 4.18 Å². The Morgan fingerprint density at radius 2 is 1.67 bits per heavy atom. The number of methoxy groups -OCH3 is 1. The van der Waals surface area contributed by atoms with E-state index in [4.69, 9.17) is 13.8 Å². The maximum atomic E-state index is 12.6. The highest BCUT2D eigenvalue weighted by atomic mass is 32.2. The van der Waals surface area contributed by atoms with Gasteiger partial charge in [-0.3, -0.25) is 8.75 Å². The van der Waals surface area contributed by atoms with Gasteiger partial charge in [0.2, 0.25) is 0 Å². The van der Waals surface area contributed by atoms with Gasteiger partial charge >= 0.3 is 7.60 Å². The fourth-order valence-electron chi connectivity index (χ4n) is 1.65.